The Morgan fingerprint density at radius 2 is 1.88 bits per heavy atom. The Bertz CT molecular complexity index is 1740. The summed E-state index contributed by atoms with van der Waals surface area (Å²) in [7, 11) is 1.53. The molecule has 1 N–H and O–H groups in total. The van der Waals surface area contributed by atoms with Crippen LogP contribution in [0.2, 0.25) is 0 Å². The molecule has 1 aliphatic heterocycles. The third-order valence-corrected chi connectivity index (χ3v) is 8.72. The first-order chi connectivity index (χ1) is 19.4. The van der Waals surface area contributed by atoms with Gasteiger partial charge in [-0.05, 0) is 42.3 Å². The van der Waals surface area contributed by atoms with Gasteiger partial charge < -0.3 is 14.3 Å². The van der Waals surface area contributed by atoms with E-state index in [-0.39, 0.29) is 16.5 Å². The summed E-state index contributed by atoms with van der Waals surface area (Å²) in [6.45, 7) is 2.04. The molecule has 6 rings (SSSR count). The van der Waals surface area contributed by atoms with Gasteiger partial charge >= 0.3 is 0 Å². The average Bonchev–Trinajstić information content (AvgIpc) is 3.69. The first kappa shape index (κ1) is 25.8. The number of anilines is 1. The molecule has 3 aromatic carbocycles. The van der Waals surface area contributed by atoms with Crippen LogP contribution < -0.4 is 9.64 Å². The van der Waals surface area contributed by atoms with Gasteiger partial charge in [0.05, 0.1) is 18.7 Å². The van der Waals surface area contributed by atoms with Gasteiger partial charge in [-0.15, -0.1) is 10.2 Å². The van der Waals surface area contributed by atoms with E-state index >= 15 is 0 Å². The molecule has 10 heteroatoms. The molecule has 5 aromatic rings. The highest BCUT2D eigenvalue weighted by Gasteiger charge is 2.47. The van der Waals surface area contributed by atoms with Crippen molar-refractivity contribution in [1.82, 2.24) is 10.2 Å². The van der Waals surface area contributed by atoms with Crippen LogP contribution in [0.15, 0.2) is 99.0 Å². The Labute approximate surface area is 237 Å². The van der Waals surface area contributed by atoms with Crippen molar-refractivity contribution in [2.24, 2.45) is 0 Å². The molecule has 2 aromatic heterocycles. The van der Waals surface area contributed by atoms with Crippen molar-refractivity contribution in [2.45, 2.75) is 23.1 Å². The van der Waals surface area contributed by atoms with Crippen molar-refractivity contribution >= 4 is 50.9 Å². The van der Waals surface area contributed by atoms with Crippen LogP contribution >= 0.6 is 23.1 Å². The lowest BCUT2D eigenvalue weighted by atomic mass is 9.95. The Morgan fingerprint density at radius 1 is 1.07 bits per heavy atom. The number of rotatable bonds is 8. The zero-order valence-corrected chi connectivity index (χ0v) is 23.2. The van der Waals surface area contributed by atoms with E-state index in [2.05, 4.69) is 34.5 Å². The second-order valence-electron chi connectivity index (χ2n) is 9.22. The lowest BCUT2D eigenvalue weighted by Gasteiger charge is -2.24. The second kappa shape index (κ2) is 10.6. The number of amides is 1. The number of aliphatic hydroxyl groups excluding tert-OH is 1. The number of nitrogens with zero attached hydrogens (tertiary/aromatic N) is 3. The summed E-state index contributed by atoms with van der Waals surface area (Å²) >= 11 is 2.72. The van der Waals surface area contributed by atoms with Crippen LogP contribution in [-0.4, -0.2) is 34.1 Å². The normalized spacial score (nSPS) is 15.3. The molecule has 0 aliphatic carbocycles. The van der Waals surface area contributed by atoms with Crippen molar-refractivity contribution in [3.8, 4) is 5.75 Å². The SMILES string of the molecule is COc1cccc(C2C(C(=O)c3cc4ccccc4o3)=C(O)C(=O)N2c2nnc(SCc3ccc(C)cc3)s2)c1. The minimum atomic E-state index is -0.966. The molecule has 3 heterocycles. The Kier molecular flexibility index (Phi) is 6.87. The number of para-hydroxylation sites is 1. The van der Waals surface area contributed by atoms with E-state index in [1.54, 1.807) is 42.5 Å². The number of thioether (sulfide) groups is 1. The van der Waals surface area contributed by atoms with E-state index in [0.29, 0.717) is 27.0 Å². The topological polar surface area (TPSA) is 106 Å². The monoisotopic (exact) mass is 569 g/mol. The molecule has 200 valence electrons. The van der Waals surface area contributed by atoms with Gasteiger partial charge in [-0.25, -0.2) is 0 Å². The van der Waals surface area contributed by atoms with Gasteiger partial charge in [0.2, 0.25) is 10.9 Å². The summed E-state index contributed by atoms with van der Waals surface area (Å²) < 4.78 is 11.9. The smallest absolute Gasteiger partial charge is 0.296 e. The van der Waals surface area contributed by atoms with Crippen molar-refractivity contribution in [1.29, 1.82) is 0 Å². The minimum Gasteiger partial charge on any atom is -0.503 e. The van der Waals surface area contributed by atoms with Gasteiger partial charge in [-0.2, -0.15) is 0 Å². The zero-order chi connectivity index (χ0) is 27.8. The van der Waals surface area contributed by atoms with Crippen molar-refractivity contribution in [3.63, 3.8) is 0 Å². The van der Waals surface area contributed by atoms with Crippen LogP contribution in [-0.2, 0) is 10.5 Å². The molecular formula is C30H23N3O5S2. The number of benzene rings is 3. The summed E-state index contributed by atoms with van der Waals surface area (Å²) in [5, 5.41) is 20.6. The number of Topliss-reactive ketones (excluding diaryl/α,β-unsaturated/α-hetero) is 1. The molecule has 1 amide bonds. The lowest BCUT2D eigenvalue weighted by molar-refractivity contribution is -0.117. The highest BCUT2D eigenvalue weighted by atomic mass is 32.2. The maximum absolute atomic E-state index is 13.8. The van der Waals surface area contributed by atoms with Crippen LogP contribution in [0.1, 0.15) is 33.3 Å². The summed E-state index contributed by atoms with van der Waals surface area (Å²) in [6.07, 6.45) is 0. The summed E-state index contributed by atoms with van der Waals surface area (Å²) in [4.78, 5) is 28.6. The summed E-state index contributed by atoms with van der Waals surface area (Å²) in [6, 6.07) is 23.1. The molecule has 0 bridgehead atoms. The van der Waals surface area contributed by atoms with Crippen LogP contribution in [0.5, 0.6) is 5.75 Å². The van der Waals surface area contributed by atoms with Gasteiger partial charge in [0.25, 0.3) is 5.91 Å². The molecule has 0 spiro atoms. The van der Waals surface area contributed by atoms with E-state index in [1.165, 1.54) is 40.7 Å². The maximum atomic E-state index is 13.8. The molecule has 8 nitrogen and oxygen atoms in total. The number of aliphatic hydroxyl groups is 1. The molecule has 1 atom stereocenters. The second-order valence-corrected chi connectivity index (χ2v) is 11.4. The van der Waals surface area contributed by atoms with Gasteiger partial charge in [0.15, 0.2) is 15.9 Å². The maximum Gasteiger partial charge on any atom is 0.296 e. The summed E-state index contributed by atoms with van der Waals surface area (Å²) in [5.41, 5.74) is 3.33. The fourth-order valence-electron chi connectivity index (χ4n) is 4.58. The fourth-order valence-corrected chi connectivity index (χ4v) is 6.40. The zero-order valence-electron chi connectivity index (χ0n) is 21.5. The molecule has 0 saturated heterocycles. The quantitative estimate of drug-likeness (QED) is 0.125. The Balaban J connectivity index is 1.37. The van der Waals surface area contributed by atoms with Crippen LogP contribution in [0.4, 0.5) is 5.13 Å². The third kappa shape index (κ3) is 4.76. The van der Waals surface area contributed by atoms with E-state index in [4.69, 9.17) is 9.15 Å². The van der Waals surface area contributed by atoms with Crippen LogP contribution in [0, 0.1) is 6.92 Å². The Hall–Kier alpha value is -4.41. The highest BCUT2D eigenvalue weighted by molar-refractivity contribution is 8.00. The number of methoxy groups -OCH3 is 1. The number of hydrogen-bond acceptors (Lipinski definition) is 9. The minimum absolute atomic E-state index is 0.0249. The molecule has 1 aliphatic rings. The predicted molar refractivity (Wildman–Crippen MR) is 154 cm³/mol. The highest BCUT2D eigenvalue weighted by Crippen LogP contribution is 2.44. The molecule has 0 fully saturated rings. The van der Waals surface area contributed by atoms with Crippen LogP contribution in [0.25, 0.3) is 11.0 Å². The number of furan rings is 1. The standard InChI is InChI=1S/C30H23N3O5S2/c1-17-10-12-18(13-11-17)16-39-30-32-31-29(40-30)33-25(20-7-5-8-21(14-20)37-2)24(27(35)28(33)36)26(34)23-15-19-6-3-4-9-22(19)38-23/h3-15,25,35H,16H2,1-2H3. The van der Waals surface area contributed by atoms with Gasteiger partial charge in [-0.3, -0.25) is 14.5 Å². The molecule has 0 saturated carbocycles. The molecule has 1 unspecified atom stereocenters. The van der Waals surface area contributed by atoms with E-state index in [0.717, 1.165) is 10.9 Å². The predicted octanol–water partition coefficient (Wildman–Crippen LogP) is 6.68. The molecule has 40 heavy (non-hydrogen) atoms. The first-order valence-corrected chi connectivity index (χ1v) is 14.2. The van der Waals surface area contributed by atoms with Crippen LogP contribution in [0.3, 0.4) is 0 Å². The average molecular weight is 570 g/mol. The van der Waals surface area contributed by atoms with Crippen molar-refractivity contribution in [2.75, 3.05) is 12.0 Å². The number of aryl methyl sites for hydroxylation is 1. The third-order valence-electron chi connectivity index (χ3n) is 6.60. The fraction of sp³-hybridized carbons (Fsp3) is 0.133. The molecular weight excluding hydrogens is 546 g/mol. The van der Waals surface area contributed by atoms with Gasteiger partial charge in [0, 0.05) is 11.1 Å². The number of fused-ring (bicyclic) bond motifs is 1. The first-order valence-electron chi connectivity index (χ1n) is 12.4. The van der Waals surface area contributed by atoms with Crippen molar-refractivity contribution in [3.05, 3.63) is 113 Å². The van der Waals surface area contributed by atoms with E-state index in [1.807, 2.05) is 19.1 Å². The van der Waals surface area contributed by atoms with E-state index < -0.39 is 23.5 Å². The number of ketones is 1. The van der Waals surface area contributed by atoms with Gasteiger partial charge in [0.1, 0.15) is 11.3 Å². The number of aromatic nitrogens is 2. The van der Waals surface area contributed by atoms with Crippen molar-refractivity contribution < 1.29 is 23.8 Å². The van der Waals surface area contributed by atoms with E-state index in [9.17, 15) is 14.7 Å². The largest absolute Gasteiger partial charge is 0.503 e. The number of hydrogen-bond donors (Lipinski definition) is 1. The number of ether oxygens (including phenoxy) is 1. The number of carbonyl (C=O) groups excluding carboxylic acids is 2. The van der Waals surface area contributed by atoms with Gasteiger partial charge in [-0.1, -0.05) is 83.3 Å². The summed E-state index contributed by atoms with van der Waals surface area (Å²) in [5.74, 6) is -0.728. The number of carbonyl (C=O) groups is 2. The molecule has 0 radical (unpaired) electrons. The Morgan fingerprint density at radius 3 is 2.65 bits per heavy atom. The lowest BCUT2D eigenvalue weighted by Crippen LogP contribution is -2.31.